The van der Waals surface area contributed by atoms with Crippen LogP contribution in [-0.2, 0) is 11.3 Å². The number of hydrogen-bond acceptors (Lipinski definition) is 9. The number of methoxy groups -OCH3 is 1. The van der Waals surface area contributed by atoms with Gasteiger partial charge in [0.1, 0.15) is 22.9 Å². The standard InChI is InChI=1S/C36H51N5O7/c1-23-19-41(24(2)22-42)35(43)31-18-29(37-36(44)38-34-26(4)39-48-27(34)5)13-16-32(31)47-25(3)10-8-9-17-46-33(23)21-40(6)20-28-11-14-30(45-7)15-12-28/h11-16,18,23-25,33,42H,8-10,17,19-22H2,1-7H3,(H2,37,38,44)/t23-,24+,25-,33-/m0/s1. The Morgan fingerprint density at radius 2 is 1.90 bits per heavy atom. The van der Waals surface area contributed by atoms with Gasteiger partial charge in [-0.15, -0.1) is 0 Å². The van der Waals surface area contributed by atoms with Crippen LogP contribution in [0.1, 0.15) is 67.4 Å². The van der Waals surface area contributed by atoms with Crippen molar-refractivity contribution in [1.29, 1.82) is 0 Å². The van der Waals surface area contributed by atoms with E-state index in [1.54, 1.807) is 44.1 Å². The molecule has 0 saturated carbocycles. The highest BCUT2D eigenvalue weighted by Crippen LogP contribution is 2.29. The van der Waals surface area contributed by atoms with Crippen molar-refractivity contribution < 1.29 is 33.4 Å². The van der Waals surface area contributed by atoms with Crippen molar-refractivity contribution in [2.45, 2.75) is 78.7 Å². The second-order valence-electron chi connectivity index (χ2n) is 12.8. The van der Waals surface area contributed by atoms with Gasteiger partial charge >= 0.3 is 6.03 Å². The third-order valence-corrected chi connectivity index (χ3v) is 8.68. The number of aliphatic hydroxyl groups excluding tert-OH is 1. The fourth-order valence-electron chi connectivity index (χ4n) is 5.81. The molecule has 2 aromatic carbocycles. The zero-order valence-electron chi connectivity index (χ0n) is 29.2. The Morgan fingerprint density at radius 3 is 2.56 bits per heavy atom. The molecular weight excluding hydrogens is 614 g/mol. The number of ether oxygens (including phenoxy) is 3. The number of urea groups is 1. The Balaban J connectivity index is 1.58. The monoisotopic (exact) mass is 665 g/mol. The average Bonchev–Trinajstić information content (AvgIpc) is 3.38. The zero-order valence-corrected chi connectivity index (χ0v) is 29.2. The highest BCUT2D eigenvalue weighted by Gasteiger charge is 2.30. The van der Waals surface area contributed by atoms with Crippen LogP contribution in [0.15, 0.2) is 47.0 Å². The van der Waals surface area contributed by atoms with Crippen LogP contribution in [0, 0.1) is 19.8 Å². The number of nitrogens with zero attached hydrogens (tertiary/aromatic N) is 3. The number of nitrogens with one attached hydrogen (secondary N) is 2. The quantitative estimate of drug-likeness (QED) is 0.256. The van der Waals surface area contributed by atoms with E-state index in [2.05, 4.69) is 46.8 Å². The SMILES string of the molecule is COc1ccc(CN(C)C[C@@H]2OCCCC[C@H](C)Oc3ccc(NC(=O)Nc4c(C)noc4C)cc3C(=O)N([C@H](C)CO)C[C@@H]2C)cc1. The van der Waals surface area contributed by atoms with E-state index in [4.69, 9.17) is 18.7 Å². The van der Waals surface area contributed by atoms with E-state index >= 15 is 0 Å². The van der Waals surface area contributed by atoms with E-state index in [-0.39, 0.29) is 30.6 Å². The van der Waals surface area contributed by atoms with Gasteiger partial charge in [-0.25, -0.2) is 4.79 Å². The highest BCUT2D eigenvalue weighted by atomic mass is 16.5. The molecule has 0 radical (unpaired) electrons. The molecule has 2 heterocycles. The van der Waals surface area contributed by atoms with Crippen LogP contribution in [0.3, 0.4) is 0 Å². The minimum atomic E-state index is -0.500. The summed E-state index contributed by atoms with van der Waals surface area (Å²) in [5.41, 5.74) is 2.92. The maximum absolute atomic E-state index is 14.4. The topological polar surface area (TPSA) is 139 Å². The molecule has 3 aromatic rings. The highest BCUT2D eigenvalue weighted by molar-refractivity contribution is 6.03. The summed E-state index contributed by atoms with van der Waals surface area (Å²) in [4.78, 5) is 31.2. The van der Waals surface area contributed by atoms with Crippen molar-refractivity contribution >= 4 is 23.3 Å². The zero-order chi connectivity index (χ0) is 34.8. The molecule has 4 rings (SSSR count). The molecule has 0 aliphatic carbocycles. The van der Waals surface area contributed by atoms with Gasteiger partial charge in [0.25, 0.3) is 5.91 Å². The Morgan fingerprint density at radius 1 is 1.15 bits per heavy atom. The van der Waals surface area contributed by atoms with Crippen LogP contribution in [0.25, 0.3) is 0 Å². The number of rotatable bonds is 9. The molecule has 1 aromatic heterocycles. The van der Waals surface area contributed by atoms with E-state index in [0.29, 0.717) is 53.8 Å². The first-order valence-electron chi connectivity index (χ1n) is 16.7. The lowest BCUT2D eigenvalue weighted by Gasteiger charge is -2.36. The van der Waals surface area contributed by atoms with Gasteiger partial charge in [-0.2, -0.15) is 0 Å². The van der Waals surface area contributed by atoms with E-state index in [1.165, 1.54) is 0 Å². The van der Waals surface area contributed by atoms with Crippen LogP contribution in [0.5, 0.6) is 11.5 Å². The largest absolute Gasteiger partial charge is 0.497 e. The normalized spacial score (nSPS) is 20.0. The van der Waals surface area contributed by atoms with E-state index in [9.17, 15) is 14.7 Å². The summed E-state index contributed by atoms with van der Waals surface area (Å²) >= 11 is 0. The summed E-state index contributed by atoms with van der Waals surface area (Å²) in [6, 6.07) is 12.1. The Bertz CT molecular complexity index is 1470. The first-order valence-corrected chi connectivity index (χ1v) is 16.7. The lowest BCUT2D eigenvalue weighted by molar-refractivity contribution is -0.0177. The van der Waals surface area contributed by atoms with Gasteiger partial charge < -0.3 is 39.4 Å². The minimum Gasteiger partial charge on any atom is -0.497 e. The molecular formula is C36H51N5O7. The summed E-state index contributed by atoms with van der Waals surface area (Å²) in [6.07, 6.45) is 2.25. The molecule has 262 valence electrons. The van der Waals surface area contributed by atoms with Gasteiger partial charge in [0, 0.05) is 37.8 Å². The number of aromatic nitrogens is 1. The summed E-state index contributed by atoms with van der Waals surface area (Å²) in [6.45, 7) is 11.5. The van der Waals surface area contributed by atoms with E-state index < -0.39 is 12.1 Å². The number of aryl methyl sites for hydroxylation is 2. The fraction of sp³-hybridized carbons (Fsp3) is 0.528. The number of amides is 3. The fourth-order valence-corrected chi connectivity index (χ4v) is 5.81. The van der Waals surface area contributed by atoms with Crippen LogP contribution in [0.4, 0.5) is 16.2 Å². The smallest absolute Gasteiger partial charge is 0.323 e. The van der Waals surface area contributed by atoms with Gasteiger partial charge in [0.05, 0.1) is 37.5 Å². The number of benzene rings is 2. The molecule has 12 nitrogen and oxygen atoms in total. The number of carbonyl (C=O) groups excluding carboxylic acids is 2. The second kappa shape index (κ2) is 17.3. The predicted octanol–water partition coefficient (Wildman–Crippen LogP) is 5.87. The summed E-state index contributed by atoms with van der Waals surface area (Å²) < 4.78 is 23.3. The molecule has 4 atom stereocenters. The second-order valence-corrected chi connectivity index (χ2v) is 12.8. The van der Waals surface area contributed by atoms with E-state index in [1.807, 2.05) is 26.0 Å². The van der Waals surface area contributed by atoms with Crippen molar-refractivity contribution in [1.82, 2.24) is 15.0 Å². The molecule has 3 amide bonds. The first-order chi connectivity index (χ1) is 23.0. The van der Waals surface area contributed by atoms with Gasteiger partial charge in [0.15, 0.2) is 5.76 Å². The van der Waals surface area contributed by atoms with Crippen LogP contribution < -0.4 is 20.1 Å². The van der Waals surface area contributed by atoms with Crippen molar-refractivity contribution in [3.05, 3.63) is 65.0 Å². The molecule has 12 heteroatoms. The van der Waals surface area contributed by atoms with E-state index in [0.717, 1.165) is 37.1 Å². The average molecular weight is 666 g/mol. The molecule has 0 fully saturated rings. The van der Waals surface area contributed by atoms with Gasteiger partial charge in [-0.3, -0.25) is 9.69 Å². The molecule has 0 bridgehead atoms. The number of anilines is 2. The third-order valence-electron chi connectivity index (χ3n) is 8.68. The summed E-state index contributed by atoms with van der Waals surface area (Å²) in [5, 5.41) is 19.7. The van der Waals surface area contributed by atoms with Crippen LogP contribution >= 0.6 is 0 Å². The minimum absolute atomic E-state index is 0.0605. The summed E-state index contributed by atoms with van der Waals surface area (Å²) in [7, 11) is 3.72. The molecule has 0 spiro atoms. The first kappa shape index (κ1) is 36.7. The number of hydrogen-bond donors (Lipinski definition) is 3. The maximum atomic E-state index is 14.4. The van der Waals surface area contributed by atoms with Crippen molar-refractivity contribution in [3.8, 4) is 11.5 Å². The van der Waals surface area contributed by atoms with Crippen molar-refractivity contribution in [2.75, 3.05) is 51.1 Å². The predicted molar refractivity (Wildman–Crippen MR) is 185 cm³/mol. The molecule has 1 aliphatic heterocycles. The Labute approximate surface area is 283 Å². The van der Waals surface area contributed by atoms with Crippen LogP contribution in [-0.4, -0.2) is 90.7 Å². The number of carbonyl (C=O) groups is 2. The number of fused-ring (bicyclic) bond motifs is 1. The molecule has 0 unspecified atom stereocenters. The molecule has 48 heavy (non-hydrogen) atoms. The van der Waals surface area contributed by atoms with Gasteiger partial charge in [-0.05, 0) is 89.9 Å². The lowest BCUT2D eigenvalue weighted by Crippen LogP contribution is -2.47. The third kappa shape index (κ3) is 9.94. The number of likely N-dealkylation sites (N-methyl/N-ethyl adjacent to an activating group) is 1. The Hall–Kier alpha value is -4.13. The van der Waals surface area contributed by atoms with Crippen LogP contribution in [0.2, 0.25) is 0 Å². The molecule has 3 N–H and O–H groups in total. The van der Waals surface area contributed by atoms with Gasteiger partial charge in [-0.1, -0.05) is 24.2 Å². The lowest BCUT2D eigenvalue weighted by atomic mass is 10.0. The molecule has 0 saturated heterocycles. The summed E-state index contributed by atoms with van der Waals surface area (Å²) in [5.74, 6) is 1.37. The van der Waals surface area contributed by atoms with Crippen molar-refractivity contribution in [3.63, 3.8) is 0 Å². The van der Waals surface area contributed by atoms with Crippen molar-refractivity contribution in [2.24, 2.45) is 5.92 Å². The maximum Gasteiger partial charge on any atom is 0.323 e. The Kier molecular flexibility index (Phi) is 13.2. The molecule has 1 aliphatic rings. The number of aliphatic hydroxyl groups is 1. The van der Waals surface area contributed by atoms with Gasteiger partial charge in [0.2, 0.25) is 0 Å².